The van der Waals surface area contributed by atoms with E-state index in [0.29, 0.717) is 19.8 Å². The quantitative estimate of drug-likeness (QED) is 0.713. The Morgan fingerprint density at radius 2 is 1.81 bits per heavy atom. The average molecular weight is 381 g/mol. The predicted octanol–water partition coefficient (Wildman–Crippen LogP) is 2.78. The lowest BCUT2D eigenvalue weighted by atomic mass is 10.1. The molecule has 26 heavy (non-hydrogen) atoms. The Morgan fingerprint density at radius 1 is 1.15 bits per heavy atom. The monoisotopic (exact) mass is 380 g/mol. The van der Waals surface area contributed by atoms with Crippen LogP contribution in [0.2, 0.25) is 5.02 Å². The second kappa shape index (κ2) is 9.16. The van der Waals surface area contributed by atoms with Crippen LogP contribution < -0.4 is 10.3 Å². The molecule has 1 N–H and O–H groups in total. The summed E-state index contributed by atoms with van der Waals surface area (Å²) in [5.74, 6) is 0.277. The number of hydrogen-bond acceptors (Lipinski definition) is 5. The van der Waals surface area contributed by atoms with Gasteiger partial charge in [0, 0.05) is 0 Å². The second-order valence-electron chi connectivity index (χ2n) is 6.90. The van der Waals surface area contributed by atoms with Crippen molar-refractivity contribution in [1.82, 2.24) is 9.78 Å². The molecule has 1 aromatic heterocycles. The smallest absolute Gasteiger partial charge is 0.289 e. The van der Waals surface area contributed by atoms with Gasteiger partial charge in [-0.1, -0.05) is 35.9 Å². The molecule has 6 nitrogen and oxygen atoms in total. The Balaban J connectivity index is 1.97. The number of hydrogen-bond donors (Lipinski definition) is 1. The summed E-state index contributed by atoms with van der Waals surface area (Å²) in [4.78, 5) is 12.3. The summed E-state index contributed by atoms with van der Waals surface area (Å²) in [6, 6.07) is 7.91. The van der Waals surface area contributed by atoms with Crippen LogP contribution in [-0.2, 0) is 23.3 Å². The van der Waals surface area contributed by atoms with E-state index in [1.807, 2.05) is 45.0 Å². The van der Waals surface area contributed by atoms with E-state index in [9.17, 15) is 4.79 Å². The van der Waals surface area contributed by atoms with Gasteiger partial charge < -0.3 is 14.6 Å². The van der Waals surface area contributed by atoms with E-state index in [4.69, 9.17) is 26.2 Å². The van der Waals surface area contributed by atoms with Crippen molar-refractivity contribution in [3.63, 3.8) is 0 Å². The fourth-order valence-corrected chi connectivity index (χ4v) is 2.50. The third kappa shape index (κ3) is 5.56. The number of halogens is 1. The molecular weight excluding hydrogens is 356 g/mol. The zero-order chi connectivity index (χ0) is 19.2. The van der Waals surface area contributed by atoms with Gasteiger partial charge >= 0.3 is 0 Å². The molecule has 0 aliphatic rings. The van der Waals surface area contributed by atoms with E-state index in [-0.39, 0.29) is 22.9 Å². The zero-order valence-electron chi connectivity index (χ0n) is 15.4. The minimum Gasteiger partial charge on any atom is -0.485 e. The van der Waals surface area contributed by atoms with Gasteiger partial charge in [-0.2, -0.15) is 5.10 Å². The lowest BCUT2D eigenvalue weighted by molar-refractivity contribution is 0.0944. The normalized spacial score (nSPS) is 11.6. The van der Waals surface area contributed by atoms with E-state index in [0.717, 1.165) is 17.5 Å². The highest BCUT2D eigenvalue weighted by Crippen LogP contribution is 2.21. The zero-order valence-corrected chi connectivity index (χ0v) is 16.1. The summed E-state index contributed by atoms with van der Waals surface area (Å²) in [5, 5.41) is 12.9. The molecule has 1 heterocycles. The van der Waals surface area contributed by atoms with Crippen molar-refractivity contribution < 1.29 is 14.6 Å². The second-order valence-corrected chi connectivity index (χ2v) is 7.28. The number of benzene rings is 1. The molecule has 0 fully saturated rings. The van der Waals surface area contributed by atoms with E-state index in [1.54, 1.807) is 0 Å². The number of nitrogens with zero attached hydrogens (tertiary/aromatic N) is 2. The summed E-state index contributed by atoms with van der Waals surface area (Å²) in [6.07, 6.45) is 2.25. The Kier molecular flexibility index (Phi) is 7.20. The van der Waals surface area contributed by atoms with E-state index >= 15 is 0 Å². The van der Waals surface area contributed by atoms with Crippen molar-refractivity contribution in [2.75, 3.05) is 19.8 Å². The topological polar surface area (TPSA) is 73.6 Å². The highest BCUT2D eigenvalue weighted by molar-refractivity contribution is 6.31. The van der Waals surface area contributed by atoms with Gasteiger partial charge in [-0.25, -0.2) is 4.68 Å². The van der Waals surface area contributed by atoms with Gasteiger partial charge in [-0.05, 0) is 38.3 Å². The van der Waals surface area contributed by atoms with Crippen LogP contribution in [-0.4, -0.2) is 34.7 Å². The first-order valence-corrected chi connectivity index (χ1v) is 8.88. The van der Waals surface area contributed by atoms with E-state index < -0.39 is 5.54 Å². The summed E-state index contributed by atoms with van der Waals surface area (Å²) in [7, 11) is 0. The molecule has 7 heteroatoms. The number of aromatic nitrogens is 2. The van der Waals surface area contributed by atoms with E-state index in [2.05, 4.69) is 5.10 Å². The lowest BCUT2D eigenvalue weighted by Crippen LogP contribution is -2.36. The lowest BCUT2D eigenvalue weighted by Gasteiger charge is -2.21. The van der Waals surface area contributed by atoms with E-state index in [1.165, 1.54) is 10.9 Å². The number of ether oxygens (including phenoxy) is 2. The molecule has 0 amide bonds. The fraction of sp³-hybridized carbons (Fsp3) is 0.474. The van der Waals surface area contributed by atoms with Gasteiger partial charge in [0.15, 0.2) is 10.8 Å². The Morgan fingerprint density at radius 3 is 2.42 bits per heavy atom. The number of aliphatic hydroxyl groups is 1. The van der Waals surface area contributed by atoms with Crippen molar-refractivity contribution in [2.45, 2.75) is 39.3 Å². The summed E-state index contributed by atoms with van der Waals surface area (Å²) < 4.78 is 12.3. The summed E-state index contributed by atoms with van der Waals surface area (Å²) in [5.41, 5.74) is 1.28. The number of rotatable bonds is 8. The molecule has 0 radical (unpaired) electrons. The molecule has 1 aromatic carbocycles. The van der Waals surface area contributed by atoms with Gasteiger partial charge in [-0.15, -0.1) is 0 Å². The highest BCUT2D eigenvalue weighted by atomic mass is 35.5. The van der Waals surface area contributed by atoms with Crippen LogP contribution in [0.25, 0.3) is 0 Å². The Labute approximate surface area is 158 Å². The molecular formula is C19H25ClN2O4. The molecule has 0 saturated heterocycles. The molecule has 0 saturated carbocycles. The van der Waals surface area contributed by atoms with Crippen molar-refractivity contribution >= 4 is 11.6 Å². The maximum atomic E-state index is 12.3. The van der Waals surface area contributed by atoms with Crippen molar-refractivity contribution in [3.8, 4) is 5.75 Å². The maximum absolute atomic E-state index is 12.3. The predicted molar refractivity (Wildman–Crippen MR) is 101 cm³/mol. The largest absolute Gasteiger partial charge is 0.485 e. The van der Waals surface area contributed by atoms with Crippen LogP contribution in [0, 0.1) is 0 Å². The minimum absolute atomic E-state index is 0.0348. The summed E-state index contributed by atoms with van der Waals surface area (Å²) in [6.45, 7) is 6.91. The molecule has 0 aliphatic carbocycles. The summed E-state index contributed by atoms with van der Waals surface area (Å²) >= 11 is 6.15. The maximum Gasteiger partial charge on any atom is 0.289 e. The van der Waals surface area contributed by atoms with Crippen molar-refractivity contribution in [2.24, 2.45) is 0 Å². The molecule has 0 aliphatic heterocycles. The van der Waals surface area contributed by atoms with Crippen LogP contribution in [0.5, 0.6) is 5.75 Å². The van der Waals surface area contributed by atoms with Crippen LogP contribution >= 0.6 is 11.6 Å². The molecule has 0 bridgehead atoms. The van der Waals surface area contributed by atoms with Gasteiger partial charge in [0.2, 0.25) is 0 Å². The Bertz CT molecular complexity index is 767. The van der Waals surface area contributed by atoms with Crippen LogP contribution in [0.15, 0.2) is 35.3 Å². The van der Waals surface area contributed by atoms with Crippen LogP contribution in [0.4, 0.5) is 0 Å². The Hall–Kier alpha value is -1.89. The first kappa shape index (κ1) is 20.4. The third-order valence-electron chi connectivity index (χ3n) is 3.71. The molecule has 0 unspecified atom stereocenters. The molecule has 2 rings (SSSR count). The average Bonchev–Trinajstić information content (AvgIpc) is 2.60. The SMILES string of the molecule is CC(C)(C)n1ncc(OCc2ccc(CCOCCO)cc2)c(Cl)c1=O. The third-order valence-corrected chi connectivity index (χ3v) is 4.06. The molecule has 0 atom stereocenters. The molecule has 142 valence electrons. The van der Waals surface area contributed by atoms with Crippen LogP contribution in [0.1, 0.15) is 31.9 Å². The van der Waals surface area contributed by atoms with Gasteiger partial charge in [0.1, 0.15) is 6.61 Å². The minimum atomic E-state index is -0.448. The van der Waals surface area contributed by atoms with Crippen molar-refractivity contribution in [3.05, 3.63) is 57.0 Å². The molecule has 0 spiro atoms. The fourth-order valence-electron chi connectivity index (χ4n) is 2.32. The first-order chi connectivity index (χ1) is 12.3. The number of aliphatic hydroxyl groups excluding tert-OH is 1. The highest BCUT2D eigenvalue weighted by Gasteiger charge is 2.19. The van der Waals surface area contributed by atoms with Gasteiger partial charge in [0.05, 0.1) is 31.6 Å². The molecule has 2 aromatic rings. The van der Waals surface area contributed by atoms with Gasteiger partial charge in [-0.3, -0.25) is 4.79 Å². The van der Waals surface area contributed by atoms with Gasteiger partial charge in [0.25, 0.3) is 5.56 Å². The van der Waals surface area contributed by atoms with Crippen LogP contribution in [0.3, 0.4) is 0 Å². The van der Waals surface area contributed by atoms with Crippen molar-refractivity contribution in [1.29, 1.82) is 0 Å². The standard InChI is InChI=1S/C19H25ClN2O4/c1-19(2,3)22-18(24)17(20)16(12-21-22)26-13-15-6-4-14(5-7-15)8-10-25-11-9-23/h4-7,12,23H,8-11,13H2,1-3H3. The first-order valence-electron chi connectivity index (χ1n) is 8.50.